The van der Waals surface area contributed by atoms with Gasteiger partial charge in [0.25, 0.3) is 0 Å². The van der Waals surface area contributed by atoms with Gasteiger partial charge in [-0.15, -0.1) is 0 Å². The van der Waals surface area contributed by atoms with Gasteiger partial charge in [-0.25, -0.2) is 0 Å². The zero-order chi connectivity index (χ0) is 33.5. The lowest BCUT2D eigenvalue weighted by atomic mass is 9.95. The molecule has 0 spiro atoms. The number of pyridine rings is 2. The van der Waals surface area contributed by atoms with E-state index in [2.05, 4.69) is 119 Å². The Hall–Kier alpha value is -6.98. The summed E-state index contributed by atoms with van der Waals surface area (Å²) >= 11 is 0. The fraction of sp³-hybridized carbons (Fsp3) is 0. The van der Waals surface area contributed by atoms with Gasteiger partial charge in [0.05, 0.1) is 0 Å². The first-order chi connectivity index (χ1) is 25.2. The third-order valence-electron chi connectivity index (χ3n) is 9.98. The molecule has 6 aromatic carbocycles. The predicted octanol–water partition coefficient (Wildman–Crippen LogP) is 12.8. The van der Waals surface area contributed by atoms with E-state index in [1.807, 2.05) is 42.6 Å². The Labute approximate surface area is 291 Å². The molecule has 5 heteroatoms. The third kappa shape index (κ3) is 4.49. The molecule has 11 rings (SSSR count). The molecule has 5 nitrogen and oxygen atoms in total. The summed E-state index contributed by atoms with van der Waals surface area (Å²) in [6.45, 7) is 0. The Morgan fingerprint density at radius 1 is 0.275 bits per heavy atom. The zero-order valence-electron chi connectivity index (χ0n) is 27.1. The van der Waals surface area contributed by atoms with Gasteiger partial charge in [-0.2, -0.15) is 0 Å². The van der Waals surface area contributed by atoms with Gasteiger partial charge in [-0.3, -0.25) is 9.97 Å². The Balaban J connectivity index is 0.960. The fourth-order valence-corrected chi connectivity index (χ4v) is 7.45. The molecule has 0 aliphatic rings. The number of nitrogens with zero attached hydrogens (tertiary/aromatic N) is 2. The van der Waals surface area contributed by atoms with Gasteiger partial charge in [0.15, 0.2) is 11.2 Å². The van der Waals surface area contributed by atoms with Gasteiger partial charge < -0.3 is 13.3 Å². The maximum Gasteiger partial charge on any atom is 0.153 e. The van der Waals surface area contributed by atoms with E-state index in [1.165, 1.54) is 0 Å². The van der Waals surface area contributed by atoms with E-state index in [1.54, 1.807) is 6.20 Å². The van der Waals surface area contributed by atoms with E-state index < -0.39 is 0 Å². The van der Waals surface area contributed by atoms with Crippen molar-refractivity contribution in [3.05, 3.63) is 158 Å². The van der Waals surface area contributed by atoms with E-state index in [0.717, 1.165) is 111 Å². The summed E-state index contributed by atoms with van der Waals surface area (Å²) < 4.78 is 18.3. The van der Waals surface area contributed by atoms with Crippen molar-refractivity contribution in [1.29, 1.82) is 0 Å². The molecule has 0 saturated heterocycles. The standard InChI is InChI=1S/C46H26N2O3/c1-5-27(28-6-2-8-30(22-28)33-13-17-41-37(25-33)45-43(50-41)9-3-19-47-45)21-29(7-1)31-11-15-39-35(23-31)36-24-32(12-16-40(36)49-39)34-14-18-42-38(26-34)46-44(51-42)10-4-20-48-46/h1-26H. The van der Waals surface area contributed by atoms with Gasteiger partial charge in [-0.1, -0.05) is 60.7 Å². The Kier molecular flexibility index (Phi) is 5.89. The number of benzene rings is 6. The number of rotatable bonds is 4. The first kappa shape index (κ1) is 27.9. The van der Waals surface area contributed by atoms with Crippen LogP contribution in [0.4, 0.5) is 0 Å². The second-order valence-electron chi connectivity index (χ2n) is 13.0. The minimum atomic E-state index is 0.795. The summed E-state index contributed by atoms with van der Waals surface area (Å²) in [6, 6.07) is 50.7. The summed E-state index contributed by atoms with van der Waals surface area (Å²) in [6.07, 6.45) is 3.62. The SMILES string of the molecule is c1cc(-c2cccc(-c3ccc4oc5cccnc5c4c3)c2)cc(-c2ccc3oc4ccc(-c5ccc6oc7cccnc7c6c5)cc4c3c2)c1. The van der Waals surface area contributed by atoms with Crippen LogP contribution in [-0.4, -0.2) is 9.97 Å². The van der Waals surface area contributed by atoms with E-state index in [-0.39, 0.29) is 0 Å². The highest BCUT2D eigenvalue weighted by atomic mass is 16.3. The van der Waals surface area contributed by atoms with Crippen molar-refractivity contribution < 1.29 is 13.3 Å². The lowest BCUT2D eigenvalue weighted by Crippen LogP contribution is -1.84. The molecular formula is C46H26N2O3. The number of hydrogen-bond donors (Lipinski definition) is 0. The highest BCUT2D eigenvalue weighted by molar-refractivity contribution is 6.09. The van der Waals surface area contributed by atoms with Crippen molar-refractivity contribution in [2.45, 2.75) is 0 Å². The summed E-state index contributed by atoms with van der Waals surface area (Å²) in [5, 5.41) is 4.21. The van der Waals surface area contributed by atoms with Crippen LogP contribution in [0.2, 0.25) is 0 Å². The van der Waals surface area contributed by atoms with Gasteiger partial charge in [0.2, 0.25) is 0 Å². The van der Waals surface area contributed by atoms with Crippen molar-refractivity contribution in [1.82, 2.24) is 9.97 Å². The predicted molar refractivity (Wildman–Crippen MR) is 206 cm³/mol. The van der Waals surface area contributed by atoms with Crippen LogP contribution in [-0.2, 0) is 0 Å². The Bertz CT molecular complexity index is 3160. The minimum Gasteiger partial charge on any atom is -0.456 e. The van der Waals surface area contributed by atoms with Crippen LogP contribution < -0.4 is 0 Å². The molecule has 0 atom stereocenters. The smallest absolute Gasteiger partial charge is 0.153 e. The molecule has 238 valence electrons. The van der Waals surface area contributed by atoms with Gasteiger partial charge in [0.1, 0.15) is 33.4 Å². The normalized spacial score (nSPS) is 11.9. The van der Waals surface area contributed by atoms with E-state index in [0.29, 0.717) is 0 Å². The van der Waals surface area contributed by atoms with Crippen molar-refractivity contribution in [3.63, 3.8) is 0 Å². The van der Waals surface area contributed by atoms with Crippen LogP contribution in [0.25, 0.3) is 111 Å². The average Bonchev–Trinajstić information content (AvgIpc) is 3.88. The van der Waals surface area contributed by atoms with Crippen molar-refractivity contribution in [3.8, 4) is 44.5 Å². The molecule has 51 heavy (non-hydrogen) atoms. The highest BCUT2D eigenvalue weighted by Gasteiger charge is 2.14. The molecule has 0 fully saturated rings. The second kappa shape index (κ2) is 10.8. The molecule has 0 aliphatic heterocycles. The number of aromatic nitrogens is 2. The van der Waals surface area contributed by atoms with E-state index in [4.69, 9.17) is 13.3 Å². The Morgan fingerprint density at radius 2 is 0.608 bits per heavy atom. The molecular weight excluding hydrogens is 629 g/mol. The summed E-state index contributed by atoms with van der Waals surface area (Å²) in [5.74, 6) is 0. The second-order valence-corrected chi connectivity index (χ2v) is 13.0. The van der Waals surface area contributed by atoms with Gasteiger partial charge in [0, 0.05) is 33.9 Å². The van der Waals surface area contributed by atoms with Crippen LogP contribution >= 0.6 is 0 Å². The molecule has 5 heterocycles. The largest absolute Gasteiger partial charge is 0.456 e. The molecule has 11 aromatic rings. The first-order valence-corrected chi connectivity index (χ1v) is 16.9. The number of furan rings is 3. The topological polar surface area (TPSA) is 65.2 Å². The molecule has 0 aliphatic carbocycles. The van der Waals surface area contributed by atoms with Crippen LogP contribution in [0.15, 0.2) is 171 Å². The van der Waals surface area contributed by atoms with Crippen molar-refractivity contribution >= 4 is 66.1 Å². The minimum absolute atomic E-state index is 0.795. The molecule has 0 amide bonds. The lowest BCUT2D eigenvalue weighted by Gasteiger charge is -2.09. The van der Waals surface area contributed by atoms with E-state index >= 15 is 0 Å². The van der Waals surface area contributed by atoms with Crippen LogP contribution in [0, 0.1) is 0 Å². The summed E-state index contributed by atoms with van der Waals surface area (Å²) in [5.41, 5.74) is 15.9. The molecule has 0 unspecified atom stereocenters. The lowest BCUT2D eigenvalue weighted by molar-refractivity contribution is 0.668. The zero-order valence-corrected chi connectivity index (χ0v) is 27.1. The summed E-state index contributed by atoms with van der Waals surface area (Å²) in [4.78, 5) is 9.14. The first-order valence-electron chi connectivity index (χ1n) is 16.9. The highest BCUT2D eigenvalue weighted by Crippen LogP contribution is 2.38. The fourth-order valence-electron chi connectivity index (χ4n) is 7.45. The molecule has 0 saturated carbocycles. The van der Waals surface area contributed by atoms with E-state index in [9.17, 15) is 0 Å². The quantitative estimate of drug-likeness (QED) is 0.189. The van der Waals surface area contributed by atoms with Crippen LogP contribution in [0.5, 0.6) is 0 Å². The summed E-state index contributed by atoms with van der Waals surface area (Å²) in [7, 11) is 0. The van der Waals surface area contributed by atoms with Crippen LogP contribution in [0.3, 0.4) is 0 Å². The third-order valence-corrected chi connectivity index (χ3v) is 9.98. The van der Waals surface area contributed by atoms with Crippen molar-refractivity contribution in [2.24, 2.45) is 0 Å². The van der Waals surface area contributed by atoms with Gasteiger partial charge in [-0.05, 0) is 129 Å². The Morgan fingerprint density at radius 3 is 1.02 bits per heavy atom. The number of hydrogen-bond acceptors (Lipinski definition) is 5. The molecule has 5 aromatic heterocycles. The maximum atomic E-state index is 6.31. The average molecular weight is 655 g/mol. The molecule has 0 radical (unpaired) electrons. The molecule has 0 bridgehead atoms. The van der Waals surface area contributed by atoms with Gasteiger partial charge >= 0.3 is 0 Å². The van der Waals surface area contributed by atoms with Crippen LogP contribution in [0.1, 0.15) is 0 Å². The molecule has 0 N–H and O–H groups in total. The number of fused-ring (bicyclic) bond motifs is 9. The van der Waals surface area contributed by atoms with Crippen molar-refractivity contribution in [2.75, 3.05) is 0 Å². The monoisotopic (exact) mass is 654 g/mol. The maximum absolute atomic E-state index is 6.31.